The van der Waals surface area contributed by atoms with Gasteiger partial charge in [-0.1, -0.05) is 0 Å². The molecule has 0 aliphatic heterocycles. The van der Waals surface area contributed by atoms with Crippen LogP contribution in [0.25, 0.3) is 0 Å². The number of halogens is 3. The highest BCUT2D eigenvalue weighted by Crippen LogP contribution is 2.51. The predicted molar refractivity (Wildman–Crippen MR) is 90.4 cm³/mol. The maximum absolute atomic E-state index is 12.7. The number of carbonyl (C=O) groups is 2. The van der Waals surface area contributed by atoms with Crippen molar-refractivity contribution in [1.29, 1.82) is 0 Å². The number of nitrogens with one attached hydrogen (secondary N) is 2. The zero-order chi connectivity index (χ0) is 20.3. The largest absolute Gasteiger partial charge is 0.433 e. The molecule has 1 aromatic heterocycles. The maximum Gasteiger partial charge on any atom is 0.433 e. The van der Waals surface area contributed by atoms with Crippen molar-refractivity contribution in [1.82, 2.24) is 20.5 Å². The molecule has 154 valence electrons. The molecule has 1 aromatic rings. The molecule has 1 atom stereocenters. The lowest BCUT2D eigenvalue weighted by atomic mass is 9.86. The van der Waals surface area contributed by atoms with E-state index >= 15 is 0 Å². The van der Waals surface area contributed by atoms with E-state index in [-0.39, 0.29) is 13.0 Å². The quantitative estimate of drug-likeness (QED) is 0.350. The Hall–Kier alpha value is -2.43. The third-order valence-electron chi connectivity index (χ3n) is 5.73. The number of aromatic nitrogens is 2. The van der Waals surface area contributed by atoms with Gasteiger partial charge in [0.25, 0.3) is 0 Å². The Balaban J connectivity index is 1.63. The van der Waals surface area contributed by atoms with Crippen molar-refractivity contribution in [2.24, 2.45) is 23.7 Å². The molecular weight excluding hydrogens is 379 g/mol. The number of hydrazine groups is 1. The van der Waals surface area contributed by atoms with E-state index in [9.17, 15) is 28.0 Å². The second-order valence-corrected chi connectivity index (χ2v) is 7.38. The monoisotopic (exact) mass is 401 g/mol. The van der Waals surface area contributed by atoms with Crippen LogP contribution in [0, 0.1) is 23.7 Å². The minimum Gasteiger partial charge on any atom is -0.286 e. The van der Waals surface area contributed by atoms with Crippen LogP contribution < -0.4 is 10.9 Å². The highest BCUT2D eigenvalue weighted by molar-refractivity contribution is 5.80. The summed E-state index contributed by atoms with van der Waals surface area (Å²) in [4.78, 5) is 30.3. The van der Waals surface area contributed by atoms with E-state index in [4.69, 9.17) is 0 Å². The molecular formula is C17H22F3N5O3. The van der Waals surface area contributed by atoms with Gasteiger partial charge in [-0.3, -0.25) is 25.6 Å². The van der Waals surface area contributed by atoms with Crippen molar-refractivity contribution < 1.29 is 28.0 Å². The third kappa shape index (κ3) is 4.70. The van der Waals surface area contributed by atoms with Crippen LogP contribution in [0.1, 0.15) is 37.8 Å². The van der Waals surface area contributed by atoms with Crippen molar-refractivity contribution >= 4 is 18.3 Å². The Morgan fingerprint density at radius 3 is 2.54 bits per heavy atom. The number of anilines is 1. The first kappa shape index (κ1) is 20.3. The van der Waals surface area contributed by atoms with Crippen molar-refractivity contribution in [2.75, 3.05) is 12.0 Å². The number of hydrogen-bond donors (Lipinski definition) is 3. The van der Waals surface area contributed by atoms with Crippen LogP contribution in [-0.4, -0.2) is 39.1 Å². The molecule has 2 aliphatic rings. The van der Waals surface area contributed by atoms with Crippen LogP contribution in [0.2, 0.25) is 0 Å². The normalized spacial score (nSPS) is 24.6. The van der Waals surface area contributed by atoms with Gasteiger partial charge in [0, 0.05) is 6.20 Å². The molecule has 3 rings (SSSR count). The van der Waals surface area contributed by atoms with Gasteiger partial charge in [0.1, 0.15) is 5.69 Å². The maximum atomic E-state index is 12.7. The Kier molecular flexibility index (Phi) is 6.01. The number of nitrogens with zero attached hydrogens (tertiary/aromatic N) is 3. The fraction of sp³-hybridized carbons (Fsp3) is 0.647. The highest BCUT2D eigenvalue weighted by atomic mass is 19.4. The van der Waals surface area contributed by atoms with Crippen LogP contribution in [0.5, 0.6) is 0 Å². The van der Waals surface area contributed by atoms with Gasteiger partial charge in [-0.2, -0.15) is 13.2 Å². The summed E-state index contributed by atoms with van der Waals surface area (Å²) in [6.45, 7) is -0.198. The Morgan fingerprint density at radius 2 is 1.96 bits per heavy atom. The lowest BCUT2D eigenvalue weighted by Gasteiger charge is -2.24. The van der Waals surface area contributed by atoms with Gasteiger partial charge in [-0.15, -0.1) is 0 Å². The summed E-state index contributed by atoms with van der Waals surface area (Å²) >= 11 is 0. The van der Waals surface area contributed by atoms with E-state index in [0.717, 1.165) is 37.9 Å². The van der Waals surface area contributed by atoms with E-state index in [2.05, 4.69) is 20.8 Å². The molecule has 3 N–H and O–H groups in total. The molecule has 28 heavy (non-hydrogen) atoms. The first-order chi connectivity index (χ1) is 13.3. The number of rotatable bonds is 8. The number of hydroxylamine groups is 2. The molecule has 2 amide bonds. The summed E-state index contributed by atoms with van der Waals surface area (Å²) in [6, 6.07) is 0.722. The van der Waals surface area contributed by atoms with Gasteiger partial charge in [0.05, 0.1) is 12.5 Å². The molecule has 0 aromatic carbocycles. The van der Waals surface area contributed by atoms with Crippen molar-refractivity contribution in [3.05, 3.63) is 18.0 Å². The van der Waals surface area contributed by atoms with Crippen molar-refractivity contribution in [3.8, 4) is 0 Å². The fourth-order valence-corrected chi connectivity index (χ4v) is 4.43. The third-order valence-corrected chi connectivity index (χ3v) is 5.73. The lowest BCUT2D eigenvalue weighted by Crippen LogP contribution is -2.41. The number of alkyl halides is 3. The molecule has 0 saturated heterocycles. The summed E-state index contributed by atoms with van der Waals surface area (Å²) in [5.41, 5.74) is 3.44. The zero-order valence-corrected chi connectivity index (χ0v) is 15.0. The zero-order valence-electron chi connectivity index (χ0n) is 15.0. The first-order valence-electron chi connectivity index (χ1n) is 9.15. The number of amides is 2. The van der Waals surface area contributed by atoms with Gasteiger partial charge >= 0.3 is 6.18 Å². The van der Waals surface area contributed by atoms with Gasteiger partial charge in [0.15, 0.2) is 0 Å². The molecule has 0 radical (unpaired) electrons. The molecule has 2 aliphatic carbocycles. The summed E-state index contributed by atoms with van der Waals surface area (Å²) in [7, 11) is 0. The number of hydrogen-bond acceptors (Lipinski definition) is 6. The number of fused-ring (bicyclic) bond motifs is 2. The predicted octanol–water partition coefficient (Wildman–Crippen LogP) is 2.23. The van der Waals surface area contributed by atoms with Gasteiger partial charge in [-0.25, -0.2) is 15.0 Å². The molecule has 11 heteroatoms. The minimum absolute atomic E-state index is 0.198. The smallest absolute Gasteiger partial charge is 0.286 e. The summed E-state index contributed by atoms with van der Waals surface area (Å²) < 4.78 is 38.1. The van der Waals surface area contributed by atoms with Crippen LogP contribution in [0.4, 0.5) is 19.1 Å². The summed E-state index contributed by atoms with van der Waals surface area (Å²) in [5, 5.41) is 9.93. The van der Waals surface area contributed by atoms with E-state index in [1.165, 1.54) is 0 Å². The average Bonchev–Trinajstić information content (AvgIpc) is 3.24. The SMILES string of the molecule is O=CN(O)CC(CC1C2CCC1CC2)C(=O)NNc1nccc(C(F)(F)F)n1. The van der Waals surface area contributed by atoms with Crippen molar-refractivity contribution in [2.45, 2.75) is 38.3 Å². The fourth-order valence-electron chi connectivity index (χ4n) is 4.43. The average molecular weight is 401 g/mol. The molecule has 2 bridgehead atoms. The van der Waals surface area contributed by atoms with Crippen LogP contribution in [0.3, 0.4) is 0 Å². The van der Waals surface area contributed by atoms with Crippen LogP contribution in [0.15, 0.2) is 12.3 Å². The molecule has 0 spiro atoms. The second-order valence-electron chi connectivity index (χ2n) is 7.38. The molecule has 1 unspecified atom stereocenters. The van der Waals surface area contributed by atoms with Crippen LogP contribution in [-0.2, 0) is 15.8 Å². The molecule has 1 heterocycles. The second kappa shape index (κ2) is 8.29. The van der Waals surface area contributed by atoms with Gasteiger partial charge < -0.3 is 0 Å². The van der Waals surface area contributed by atoms with Gasteiger partial charge in [0.2, 0.25) is 18.3 Å². The van der Waals surface area contributed by atoms with E-state index in [0.29, 0.717) is 29.2 Å². The molecule has 8 nitrogen and oxygen atoms in total. The van der Waals surface area contributed by atoms with Gasteiger partial charge in [-0.05, 0) is 55.9 Å². The standard InChI is InChI=1S/C17H22F3N5O3/c18-17(19,20)14-5-6-21-16(22-14)24-23-15(27)12(8-25(28)9-26)7-13-10-1-2-11(13)4-3-10/h5-6,9-13,28H,1-4,7-8H2,(H,23,27)(H,21,22,24). The molecule has 2 saturated carbocycles. The Labute approximate surface area is 159 Å². The molecule has 2 fully saturated rings. The van der Waals surface area contributed by atoms with E-state index in [1.807, 2.05) is 0 Å². The summed E-state index contributed by atoms with van der Waals surface area (Å²) in [6.07, 6.45) is 1.50. The lowest BCUT2D eigenvalue weighted by molar-refractivity contribution is -0.155. The van der Waals surface area contributed by atoms with E-state index in [1.54, 1.807) is 0 Å². The minimum atomic E-state index is -4.63. The van der Waals surface area contributed by atoms with E-state index < -0.39 is 29.6 Å². The van der Waals surface area contributed by atoms with Crippen molar-refractivity contribution in [3.63, 3.8) is 0 Å². The Morgan fingerprint density at radius 1 is 1.32 bits per heavy atom. The first-order valence-corrected chi connectivity index (χ1v) is 9.15. The Bertz CT molecular complexity index is 698. The highest BCUT2D eigenvalue weighted by Gasteiger charge is 2.43. The topological polar surface area (TPSA) is 107 Å². The van der Waals surface area contributed by atoms with Crippen LogP contribution >= 0.6 is 0 Å². The summed E-state index contributed by atoms with van der Waals surface area (Å²) in [5.74, 6) is -0.223. The number of carbonyl (C=O) groups excluding carboxylic acids is 2.